The number of nitrogens with one attached hydrogen (secondary N) is 2. The van der Waals surface area contributed by atoms with E-state index in [9.17, 15) is 0 Å². The maximum absolute atomic E-state index is 5.51. The molecule has 2 unspecified atom stereocenters. The van der Waals surface area contributed by atoms with Crippen molar-refractivity contribution in [1.29, 1.82) is 0 Å². The van der Waals surface area contributed by atoms with E-state index in [-0.39, 0.29) is 6.04 Å². The van der Waals surface area contributed by atoms with Crippen LogP contribution in [-0.4, -0.2) is 34.8 Å². The first kappa shape index (κ1) is 14.3. The maximum atomic E-state index is 5.51. The molecule has 1 aromatic rings. The van der Waals surface area contributed by atoms with Crippen molar-refractivity contribution in [2.75, 3.05) is 23.9 Å². The Bertz CT molecular complexity index is 318. The van der Waals surface area contributed by atoms with E-state index in [0.717, 1.165) is 17.9 Å². The topological polar surface area (TPSA) is 63.0 Å². The summed E-state index contributed by atoms with van der Waals surface area (Å²) in [5, 5.41) is 14.2. The zero-order chi connectivity index (χ0) is 12.7. The van der Waals surface area contributed by atoms with Gasteiger partial charge < -0.3 is 15.1 Å². The van der Waals surface area contributed by atoms with Crippen LogP contribution in [0.1, 0.15) is 39.1 Å². The van der Waals surface area contributed by atoms with Crippen LogP contribution in [0.25, 0.3) is 0 Å². The fourth-order valence-electron chi connectivity index (χ4n) is 1.28. The van der Waals surface area contributed by atoms with Crippen molar-refractivity contribution in [1.82, 2.24) is 15.5 Å². The summed E-state index contributed by atoms with van der Waals surface area (Å²) in [5.74, 6) is 2.93. The second-order valence-corrected chi connectivity index (χ2v) is 5.38. The first-order chi connectivity index (χ1) is 8.17. The van der Waals surface area contributed by atoms with Crippen molar-refractivity contribution >= 4 is 17.8 Å². The highest BCUT2D eigenvalue weighted by Gasteiger charge is 2.13. The lowest BCUT2D eigenvalue weighted by molar-refractivity contribution is 0.438. The van der Waals surface area contributed by atoms with E-state index in [1.54, 1.807) is 0 Å². The summed E-state index contributed by atoms with van der Waals surface area (Å²) in [6.45, 7) is 6.28. The van der Waals surface area contributed by atoms with Crippen LogP contribution in [0.3, 0.4) is 0 Å². The number of rotatable bonds is 8. The van der Waals surface area contributed by atoms with Crippen LogP contribution in [0.2, 0.25) is 0 Å². The number of aromatic nitrogens is 2. The molecule has 1 rings (SSSR count). The Kier molecular flexibility index (Phi) is 6.36. The van der Waals surface area contributed by atoms with Crippen molar-refractivity contribution < 1.29 is 4.42 Å². The standard InChI is InChI=1S/C11H22N4OS/c1-5-17-7-6-8(2)13-11-15-14-10(16-11)9(3)12-4/h8-9,12H,5-7H2,1-4H3,(H,13,15). The van der Waals surface area contributed by atoms with Gasteiger partial charge in [-0.25, -0.2) is 0 Å². The van der Waals surface area contributed by atoms with Crippen LogP contribution >= 0.6 is 11.8 Å². The Hall–Kier alpha value is -0.750. The number of nitrogens with zero attached hydrogens (tertiary/aromatic N) is 2. The van der Waals surface area contributed by atoms with E-state index in [1.807, 2.05) is 25.7 Å². The van der Waals surface area contributed by atoms with Gasteiger partial charge in [-0.05, 0) is 38.8 Å². The summed E-state index contributed by atoms with van der Waals surface area (Å²) in [5.41, 5.74) is 0. The van der Waals surface area contributed by atoms with Crippen molar-refractivity contribution in [3.63, 3.8) is 0 Å². The zero-order valence-electron chi connectivity index (χ0n) is 11.0. The van der Waals surface area contributed by atoms with Crippen LogP contribution in [0.15, 0.2) is 4.42 Å². The van der Waals surface area contributed by atoms with Crippen molar-refractivity contribution in [3.8, 4) is 0 Å². The zero-order valence-corrected chi connectivity index (χ0v) is 11.8. The van der Waals surface area contributed by atoms with Gasteiger partial charge in [0.05, 0.1) is 6.04 Å². The molecule has 2 N–H and O–H groups in total. The molecule has 0 spiro atoms. The monoisotopic (exact) mass is 258 g/mol. The number of hydrogen-bond acceptors (Lipinski definition) is 6. The SMILES string of the molecule is CCSCCC(C)Nc1nnc(C(C)NC)o1. The van der Waals surface area contributed by atoms with E-state index in [4.69, 9.17) is 4.42 Å². The molecule has 1 heterocycles. The summed E-state index contributed by atoms with van der Waals surface area (Å²) in [7, 11) is 1.87. The predicted molar refractivity (Wildman–Crippen MR) is 72.5 cm³/mol. The molecule has 0 aromatic carbocycles. The van der Waals surface area contributed by atoms with Crippen LogP contribution in [0.4, 0.5) is 6.01 Å². The summed E-state index contributed by atoms with van der Waals surface area (Å²) in [6, 6.07) is 0.951. The van der Waals surface area contributed by atoms with E-state index in [0.29, 0.717) is 17.9 Å². The highest BCUT2D eigenvalue weighted by atomic mass is 32.2. The molecule has 0 aliphatic rings. The molecular weight excluding hydrogens is 236 g/mol. The third-order valence-corrected chi connectivity index (χ3v) is 3.45. The van der Waals surface area contributed by atoms with Crippen LogP contribution in [-0.2, 0) is 0 Å². The van der Waals surface area contributed by atoms with Crippen LogP contribution in [0, 0.1) is 0 Å². The fourth-order valence-corrected chi connectivity index (χ4v) is 2.09. The highest BCUT2D eigenvalue weighted by molar-refractivity contribution is 7.99. The molecule has 0 fully saturated rings. The van der Waals surface area contributed by atoms with Gasteiger partial charge >= 0.3 is 6.01 Å². The normalized spacial score (nSPS) is 14.6. The minimum Gasteiger partial charge on any atom is -0.406 e. The highest BCUT2D eigenvalue weighted by Crippen LogP contribution is 2.14. The fraction of sp³-hybridized carbons (Fsp3) is 0.818. The lowest BCUT2D eigenvalue weighted by atomic mass is 10.3. The van der Waals surface area contributed by atoms with Crippen molar-refractivity contribution in [2.24, 2.45) is 0 Å². The first-order valence-electron chi connectivity index (χ1n) is 6.02. The van der Waals surface area contributed by atoms with Crippen LogP contribution < -0.4 is 10.6 Å². The molecule has 0 saturated carbocycles. The molecule has 0 bridgehead atoms. The van der Waals surface area contributed by atoms with Gasteiger partial charge in [0.15, 0.2) is 0 Å². The Morgan fingerprint density at radius 2 is 2.12 bits per heavy atom. The molecule has 0 aliphatic carbocycles. The smallest absolute Gasteiger partial charge is 0.315 e. The minimum absolute atomic E-state index is 0.0870. The third kappa shape index (κ3) is 4.95. The molecular formula is C11H22N4OS. The predicted octanol–water partition coefficient (Wildman–Crippen LogP) is 2.29. The Labute approximate surface area is 107 Å². The molecule has 0 aliphatic heterocycles. The molecule has 1 aromatic heterocycles. The van der Waals surface area contributed by atoms with Gasteiger partial charge in [0.2, 0.25) is 5.89 Å². The van der Waals surface area contributed by atoms with Gasteiger partial charge in [0.25, 0.3) is 0 Å². The number of anilines is 1. The Morgan fingerprint density at radius 3 is 2.76 bits per heavy atom. The number of hydrogen-bond donors (Lipinski definition) is 2. The van der Waals surface area contributed by atoms with Crippen molar-refractivity contribution in [2.45, 2.75) is 39.3 Å². The Morgan fingerprint density at radius 1 is 1.35 bits per heavy atom. The molecule has 2 atom stereocenters. The molecule has 6 heteroatoms. The van der Waals surface area contributed by atoms with Crippen molar-refractivity contribution in [3.05, 3.63) is 5.89 Å². The lowest BCUT2D eigenvalue weighted by Gasteiger charge is -2.10. The maximum Gasteiger partial charge on any atom is 0.315 e. The second-order valence-electron chi connectivity index (χ2n) is 3.99. The molecule has 5 nitrogen and oxygen atoms in total. The Balaban J connectivity index is 2.37. The second kappa shape index (κ2) is 7.55. The third-order valence-electron chi connectivity index (χ3n) is 2.51. The number of thioether (sulfide) groups is 1. The molecule has 98 valence electrons. The van der Waals surface area contributed by atoms with E-state index in [1.165, 1.54) is 0 Å². The average molecular weight is 258 g/mol. The average Bonchev–Trinajstić information content (AvgIpc) is 2.77. The van der Waals surface area contributed by atoms with Gasteiger partial charge in [-0.15, -0.1) is 5.10 Å². The largest absolute Gasteiger partial charge is 0.406 e. The summed E-state index contributed by atoms with van der Waals surface area (Å²) >= 11 is 1.94. The van der Waals surface area contributed by atoms with Gasteiger partial charge in [-0.3, -0.25) is 0 Å². The summed E-state index contributed by atoms with van der Waals surface area (Å²) < 4.78 is 5.51. The van der Waals surface area contributed by atoms with Gasteiger partial charge in [-0.2, -0.15) is 11.8 Å². The molecule has 17 heavy (non-hydrogen) atoms. The minimum atomic E-state index is 0.0870. The summed E-state index contributed by atoms with van der Waals surface area (Å²) in [6.07, 6.45) is 1.10. The van der Waals surface area contributed by atoms with E-state index in [2.05, 4.69) is 34.7 Å². The van der Waals surface area contributed by atoms with Gasteiger partial charge in [-0.1, -0.05) is 12.0 Å². The van der Waals surface area contributed by atoms with E-state index < -0.39 is 0 Å². The van der Waals surface area contributed by atoms with E-state index >= 15 is 0 Å². The quantitative estimate of drug-likeness (QED) is 0.698. The lowest BCUT2D eigenvalue weighted by Crippen LogP contribution is -2.16. The summed E-state index contributed by atoms with van der Waals surface area (Å²) in [4.78, 5) is 0. The molecule has 0 saturated heterocycles. The first-order valence-corrected chi connectivity index (χ1v) is 7.17. The molecule has 0 amide bonds. The van der Waals surface area contributed by atoms with Crippen LogP contribution in [0.5, 0.6) is 0 Å². The van der Waals surface area contributed by atoms with Gasteiger partial charge in [0.1, 0.15) is 0 Å². The van der Waals surface area contributed by atoms with Gasteiger partial charge in [0, 0.05) is 6.04 Å². The molecule has 0 radical (unpaired) electrons.